The summed E-state index contributed by atoms with van der Waals surface area (Å²) in [5, 5.41) is 9.07. The molecule has 0 aliphatic rings. The van der Waals surface area contributed by atoms with Gasteiger partial charge < -0.3 is 9.64 Å². The van der Waals surface area contributed by atoms with E-state index in [1.54, 1.807) is 13.2 Å². The first-order valence-corrected chi connectivity index (χ1v) is 7.07. The van der Waals surface area contributed by atoms with E-state index in [2.05, 4.69) is 36.9 Å². The molecule has 21 heavy (non-hydrogen) atoms. The Balaban J connectivity index is 2.35. The Morgan fingerprint density at radius 2 is 1.95 bits per heavy atom. The lowest BCUT2D eigenvalue weighted by molar-refractivity contribution is 0.409. The maximum atomic E-state index is 9.07. The first-order chi connectivity index (χ1) is 10.2. The molecule has 0 radical (unpaired) electrons. The smallest absolute Gasteiger partial charge is 0.123 e. The lowest BCUT2D eigenvalue weighted by atomic mass is 10.1. The van der Waals surface area contributed by atoms with Gasteiger partial charge in [-0.05, 0) is 43.7 Å². The van der Waals surface area contributed by atoms with Crippen molar-refractivity contribution in [3.8, 4) is 11.8 Å². The first kappa shape index (κ1) is 14.9. The van der Waals surface area contributed by atoms with Crippen molar-refractivity contribution in [2.75, 3.05) is 18.6 Å². The van der Waals surface area contributed by atoms with Crippen molar-refractivity contribution in [3.05, 3.63) is 59.2 Å². The van der Waals surface area contributed by atoms with Crippen molar-refractivity contribution < 1.29 is 4.74 Å². The molecule has 0 saturated carbocycles. The zero-order valence-corrected chi connectivity index (χ0v) is 12.8. The summed E-state index contributed by atoms with van der Waals surface area (Å²) in [6.45, 7) is 5.86. The van der Waals surface area contributed by atoms with Crippen molar-refractivity contribution in [2.45, 2.75) is 20.4 Å². The van der Waals surface area contributed by atoms with Crippen LogP contribution < -0.4 is 9.64 Å². The molecule has 2 rings (SSSR count). The van der Waals surface area contributed by atoms with Gasteiger partial charge in [0.1, 0.15) is 5.75 Å². The number of nitrogens with zero attached hydrogens (tertiary/aromatic N) is 2. The second-order valence-corrected chi connectivity index (χ2v) is 4.94. The molecule has 0 amide bonds. The molecule has 0 heterocycles. The molecule has 3 nitrogen and oxygen atoms in total. The normalized spacial score (nSPS) is 10.0. The van der Waals surface area contributed by atoms with E-state index in [-0.39, 0.29) is 0 Å². The number of nitriles is 1. The van der Waals surface area contributed by atoms with E-state index in [9.17, 15) is 0 Å². The van der Waals surface area contributed by atoms with E-state index in [1.807, 2.05) is 24.3 Å². The summed E-state index contributed by atoms with van der Waals surface area (Å²) >= 11 is 0. The van der Waals surface area contributed by atoms with Gasteiger partial charge in [0.2, 0.25) is 0 Å². The third-order valence-corrected chi connectivity index (χ3v) is 3.61. The summed E-state index contributed by atoms with van der Waals surface area (Å²) in [7, 11) is 1.66. The molecule has 0 aliphatic heterocycles. The number of hydrogen-bond acceptors (Lipinski definition) is 3. The molecule has 0 unspecified atom stereocenters. The summed E-state index contributed by atoms with van der Waals surface area (Å²) in [6.07, 6.45) is 0. The Morgan fingerprint density at radius 1 is 1.19 bits per heavy atom. The van der Waals surface area contributed by atoms with Crippen molar-refractivity contribution in [1.29, 1.82) is 5.26 Å². The highest BCUT2D eigenvalue weighted by Crippen LogP contribution is 2.26. The molecule has 0 N–H and O–H groups in total. The number of anilines is 1. The fraction of sp³-hybridized carbons (Fsp3) is 0.278. The zero-order chi connectivity index (χ0) is 15.2. The van der Waals surface area contributed by atoms with Crippen LogP contribution >= 0.6 is 0 Å². The molecule has 108 valence electrons. The van der Waals surface area contributed by atoms with Gasteiger partial charge in [-0.25, -0.2) is 0 Å². The minimum Gasteiger partial charge on any atom is -0.496 e. The van der Waals surface area contributed by atoms with Crippen molar-refractivity contribution >= 4 is 5.69 Å². The van der Waals surface area contributed by atoms with Crippen LogP contribution in [-0.4, -0.2) is 13.7 Å². The van der Waals surface area contributed by atoms with Gasteiger partial charge in [-0.15, -0.1) is 0 Å². The molecule has 0 bridgehead atoms. The van der Waals surface area contributed by atoms with E-state index in [0.29, 0.717) is 5.56 Å². The number of ether oxygens (including phenoxy) is 1. The third-order valence-electron chi connectivity index (χ3n) is 3.61. The summed E-state index contributed by atoms with van der Waals surface area (Å²) < 4.78 is 5.42. The molecule has 0 atom stereocenters. The quantitative estimate of drug-likeness (QED) is 0.833. The largest absolute Gasteiger partial charge is 0.496 e. The second kappa shape index (κ2) is 6.81. The average Bonchev–Trinajstić information content (AvgIpc) is 2.53. The van der Waals surface area contributed by atoms with E-state index in [4.69, 9.17) is 10.00 Å². The molecule has 0 saturated heterocycles. The number of rotatable bonds is 5. The van der Waals surface area contributed by atoms with Gasteiger partial charge in [0, 0.05) is 24.3 Å². The van der Waals surface area contributed by atoms with Crippen LogP contribution in [0, 0.1) is 18.3 Å². The highest BCUT2D eigenvalue weighted by Gasteiger charge is 2.11. The summed E-state index contributed by atoms with van der Waals surface area (Å²) in [4.78, 5) is 2.29. The Bertz CT molecular complexity index is 659. The van der Waals surface area contributed by atoms with Gasteiger partial charge in [0.05, 0.1) is 18.7 Å². The fourth-order valence-electron chi connectivity index (χ4n) is 2.46. The van der Waals surface area contributed by atoms with Crippen LogP contribution in [0.2, 0.25) is 0 Å². The lowest BCUT2D eigenvalue weighted by Crippen LogP contribution is -2.23. The number of methoxy groups -OCH3 is 1. The standard InChI is InChI=1S/C18H20N2O/c1-4-20(17-8-6-5-7-14(17)2)13-16-11-15(12-19)9-10-18(16)21-3/h5-11H,4,13H2,1-3H3. The summed E-state index contributed by atoms with van der Waals surface area (Å²) in [5.74, 6) is 0.820. The zero-order valence-electron chi connectivity index (χ0n) is 12.8. The first-order valence-electron chi connectivity index (χ1n) is 7.07. The van der Waals surface area contributed by atoms with Crippen LogP contribution in [0.25, 0.3) is 0 Å². The predicted octanol–water partition coefficient (Wildman–Crippen LogP) is 3.90. The maximum absolute atomic E-state index is 9.07. The molecule has 3 heteroatoms. The second-order valence-electron chi connectivity index (χ2n) is 4.94. The minimum absolute atomic E-state index is 0.659. The number of benzene rings is 2. The molecule has 0 fully saturated rings. The number of hydrogen-bond donors (Lipinski definition) is 0. The van der Waals surface area contributed by atoms with E-state index in [0.717, 1.165) is 24.4 Å². The van der Waals surface area contributed by atoms with E-state index >= 15 is 0 Å². The minimum atomic E-state index is 0.659. The molecule has 2 aromatic carbocycles. The van der Waals surface area contributed by atoms with Crippen molar-refractivity contribution in [3.63, 3.8) is 0 Å². The Morgan fingerprint density at radius 3 is 2.57 bits per heavy atom. The molecular weight excluding hydrogens is 260 g/mol. The van der Waals surface area contributed by atoms with Crippen LogP contribution in [0.5, 0.6) is 5.75 Å². The van der Waals surface area contributed by atoms with Crippen LogP contribution in [-0.2, 0) is 6.54 Å². The number of aryl methyl sites for hydroxylation is 1. The van der Waals surface area contributed by atoms with Gasteiger partial charge in [-0.3, -0.25) is 0 Å². The van der Waals surface area contributed by atoms with Gasteiger partial charge >= 0.3 is 0 Å². The summed E-state index contributed by atoms with van der Waals surface area (Å²) in [6, 6.07) is 16.1. The van der Waals surface area contributed by atoms with Crippen LogP contribution in [0.1, 0.15) is 23.6 Å². The van der Waals surface area contributed by atoms with Gasteiger partial charge in [0.25, 0.3) is 0 Å². The molecule has 0 spiro atoms. The Labute approximate surface area is 126 Å². The predicted molar refractivity (Wildman–Crippen MR) is 85.6 cm³/mol. The van der Waals surface area contributed by atoms with Crippen molar-refractivity contribution in [1.82, 2.24) is 0 Å². The molecule has 0 aromatic heterocycles. The van der Waals surface area contributed by atoms with Gasteiger partial charge in [-0.1, -0.05) is 18.2 Å². The van der Waals surface area contributed by atoms with Crippen LogP contribution in [0.15, 0.2) is 42.5 Å². The maximum Gasteiger partial charge on any atom is 0.123 e. The van der Waals surface area contributed by atoms with Crippen molar-refractivity contribution in [2.24, 2.45) is 0 Å². The van der Waals surface area contributed by atoms with Crippen LogP contribution in [0.4, 0.5) is 5.69 Å². The number of para-hydroxylation sites is 1. The highest BCUT2D eigenvalue weighted by molar-refractivity contribution is 5.54. The van der Waals surface area contributed by atoms with Gasteiger partial charge in [-0.2, -0.15) is 5.26 Å². The fourth-order valence-corrected chi connectivity index (χ4v) is 2.46. The Hall–Kier alpha value is -2.47. The Kier molecular flexibility index (Phi) is 4.84. The van der Waals surface area contributed by atoms with Gasteiger partial charge in [0.15, 0.2) is 0 Å². The average molecular weight is 280 g/mol. The molecule has 2 aromatic rings. The van der Waals surface area contributed by atoms with E-state index in [1.165, 1.54) is 11.3 Å². The topological polar surface area (TPSA) is 36.3 Å². The highest BCUT2D eigenvalue weighted by atomic mass is 16.5. The summed E-state index contributed by atoms with van der Waals surface area (Å²) in [5.41, 5.74) is 4.15. The molecular formula is C18H20N2O. The SMILES string of the molecule is CCN(Cc1cc(C#N)ccc1OC)c1ccccc1C. The monoisotopic (exact) mass is 280 g/mol. The van der Waals surface area contributed by atoms with Crippen LogP contribution in [0.3, 0.4) is 0 Å². The van der Waals surface area contributed by atoms with E-state index < -0.39 is 0 Å². The lowest BCUT2D eigenvalue weighted by Gasteiger charge is -2.26. The molecule has 0 aliphatic carbocycles. The third kappa shape index (κ3) is 3.35.